The van der Waals surface area contributed by atoms with Gasteiger partial charge < -0.3 is 25.0 Å². The number of Topliss-reactive ketones (excluding diaryl/α,β-unsaturated/α-hetero) is 1. The van der Waals surface area contributed by atoms with Gasteiger partial charge in [0.1, 0.15) is 17.1 Å². The summed E-state index contributed by atoms with van der Waals surface area (Å²) in [5, 5.41) is 32.7. The van der Waals surface area contributed by atoms with Gasteiger partial charge in [-0.2, -0.15) is 0 Å². The zero-order valence-electron chi connectivity index (χ0n) is 16.5. The van der Waals surface area contributed by atoms with Crippen molar-refractivity contribution >= 4 is 23.1 Å². The van der Waals surface area contributed by atoms with Crippen molar-refractivity contribution < 1.29 is 34.2 Å². The van der Waals surface area contributed by atoms with Gasteiger partial charge in [-0.25, -0.2) is 4.79 Å². The first-order valence-corrected chi connectivity index (χ1v) is 9.46. The van der Waals surface area contributed by atoms with E-state index in [-0.39, 0.29) is 28.1 Å². The highest BCUT2D eigenvalue weighted by molar-refractivity contribution is 6.12. The topological polar surface area (TPSA) is 148 Å². The number of anilines is 1. The first-order chi connectivity index (χ1) is 14.8. The molecule has 1 atom stereocenters. The number of carboxylic acid groups (broad SMARTS) is 1. The number of ketones is 1. The Bertz CT molecular complexity index is 1060. The number of aromatic hydroxyl groups is 1. The molecule has 1 heterocycles. The van der Waals surface area contributed by atoms with Crippen LogP contribution < -0.4 is 10.1 Å². The van der Waals surface area contributed by atoms with Gasteiger partial charge in [-0.3, -0.25) is 14.9 Å². The normalized spacial score (nSPS) is 16.5. The quantitative estimate of drug-likeness (QED) is 0.247. The van der Waals surface area contributed by atoms with E-state index in [0.29, 0.717) is 12.3 Å². The number of carbonyl (C=O) groups is 2. The molecule has 1 aliphatic heterocycles. The highest BCUT2D eigenvalue weighted by Gasteiger charge is 2.34. The Labute approximate surface area is 176 Å². The van der Waals surface area contributed by atoms with Crippen LogP contribution in [0.25, 0.3) is 0 Å². The van der Waals surface area contributed by atoms with Crippen LogP contribution in [0, 0.1) is 10.1 Å². The number of carbonyl (C=O) groups excluding carboxylic acids is 1. The molecule has 0 spiro atoms. The molecule has 0 saturated carbocycles. The number of nitrogens with one attached hydrogen (secondary N) is 1. The molecule has 0 bridgehead atoms. The largest absolute Gasteiger partial charge is 0.507 e. The molecule has 3 N–H and O–H groups in total. The second kappa shape index (κ2) is 9.26. The minimum Gasteiger partial charge on any atom is -0.507 e. The van der Waals surface area contributed by atoms with Crippen molar-refractivity contribution in [2.24, 2.45) is 0 Å². The fourth-order valence-electron chi connectivity index (χ4n) is 2.91. The maximum atomic E-state index is 13.0. The maximum Gasteiger partial charge on any atom is 0.339 e. The van der Waals surface area contributed by atoms with Crippen molar-refractivity contribution in [2.75, 3.05) is 11.9 Å². The summed E-state index contributed by atoms with van der Waals surface area (Å²) in [7, 11) is 0. The van der Waals surface area contributed by atoms with Crippen LogP contribution in [0.15, 0.2) is 48.2 Å². The van der Waals surface area contributed by atoms with Crippen LogP contribution >= 0.6 is 0 Å². The van der Waals surface area contributed by atoms with E-state index in [1.165, 1.54) is 36.5 Å². The molecule has 1 unspecified atom stereocenters. The second-order valence-electron chi connectivity index (χ2n) is 6.72. The molecule has 2 aromatic carbocycles. The summed E-state index contributed by atoms with van der Waals surface area (Å²) in [5.41, 5.74) is -0.0904. The Morgan fingerprint density at radius 1 is 1.32 bits per heavy atom. The predicted molar refractivity (Wildman–Crippen MR) is 109 cm³/mol. The van der Waals surface area contributed by atoms with Crippen molar-refractivity contribution in [3.05, 3.63) is 69.4 Å². The summed E-state index contributed by atoms with van der Waals surface area (Å²) < 4.78 is 11.4. The van der Waals surface area contributed by atoms with Crippen LogP contribution in [0.3, 0.4) is 0 Å². The van der Waals surface area contributed by atoms with Crippen LogP contribution in [-0.4, -0.2) is 39.8 Å². The van der Waals surface area contributed by atoms with Crippen molar-refractivity contribution in [1.29, 1.82) is 0 Å². The van der Waals surface area contributed by atoms with Gasteiger partial charge in [-0.15, -0.1) is 0 Å². The Kier molecular flexibility index (Phi) is 6.51. The monoisotopic (exact) mass is 428 g/mol. The molecule has 2 aromatic rings. The third-order valence-corrected chi connectivity index (χ3v) is 4.56. The molecule has 162 valence electrons. The predicted octanol–water partition coefficient (Wildman–Crippen LogP) is 3.71. The number of non-ortho nitro benzene ring substituents is 1. The SMILES string of the molecule is CCCCOC1Oc2ccc([N+](=O)[O-])cc2C(=O)C1=CNc1ccc(C(=O)O)c(O)c1. The third kappa shape index (κ3) is 4.81. The van der Waals surface area contributed by atoms with E-state index in [0.717, 1.165) is 18.9 Å². The molecule has 10 heteroatoms. The van der Waals surface area contributed by atoms with Crippen LogP contribution in [-0.2, 0) is 4.74 Å². The lowest BCUT2D eigenvalue weighted by atomic mass is 9.99. The summed E-state index contributed by atoms with van der Waals surface area (Å²) in [6, 6.07) is 7.57. The van der Waals surface area contributed by atoms with Gasteiger partial charge in [0, 0.05) is 30.1 Å². The van der Waals surface area contributed by atoms with E-state index < -0.39 is 28.7 Å². The highest BCUT2D eigenvalue weighted by atomic mass is 16.7. The minimum atomic E-state index is -1.28. The van der Waals surface area contributed by atoms with Gasteiger partial charge in [-0.1, -0.05) is 13.3 Å². The maximum absolute atomic E-state index is 13.0. The van der Waals surface area contributed by atoms with E-state index in [9.17, 15) is 24.8 Å². The van der Waals surface area contributed by atoms with E-state index in [1.54, 1.807) is 0 Å². The number of ether oxygens (including phenoxy) is 2. The smallest absolute Gasteiger partial charge is 0.339 e. The van der Waals surface area contributed by atoms with E-state index in [1.807, 2.05) is 6.92 Å². The first-order valence-electron chi connectivity index (χ1n) is 9.46. The summed E-state index contributed by atoms with van der Waals surface area (Å²) in [6.45, 7) is 2.32. The van der Waals surface area contributed by atoms with E-state index in [4.69, 9.17) is 14.6 Å². The Morgan fingerprint density at radius 2 is 2.10 bits per heavy atom. The lowest BCUT2D eigenvalue weighted by Gasteiger charge is -2.27. The highest BCUT2D eigenvalue weighted by Crippen LogP contribution is 2.34. The molecule has 0 radical (unpaired) electrons. The minimum absolute atomic E-state index is 0.0293. The molecular weight excluding hydrogens is 408 g/mol. The van der Waals surface area contributed by atoms with Crippen LogP contribution in [0.2, 0.25) is 0 Å². The van der Waals surface area contributed by atoms with Crippen molar-refractivity contribution in [3.63, 3.8) is 0 Å². The number of nitro groups is 1. The zero-order chi connectivity index (χ0) is 22.5. The number of benzene rings is 2. The Hall–Kier alpha value is -3.92. The van der Waals surface area contributed by atoms with Crippen LogP contribution in [0.4, 0.5) is 11.4 Å². The molecule has 0 aliphatic carbocycles. The number of aromatic carboxylic acids is 1. The van der Waals surface area contributed by atoms with Gasteiger partial charge in [0.25, 0.3) is 5.69 Å². The van der Waals surface area contributed by atoms with Crippen molar-refractivity contribution in [1.82, 2.24) is 0 Å². The number of hydrogen-bond acceptors (Lipinski definition) is 8. The lowest BCUT2D eigenvalue weighted by molar-refractivity contribution is -0.384. The molecule has 3 rings (SSSR count). The standard InChI is InChI=1S/C21H20N2O8/c1-2-3-8-30-21-16(11-22-12-4-6-14(20(26)27)17(24)9-12)19(25)15-10-13(23(28)29)5-7-18(15)31-21/h4-7,9-11,21-22,24H,2-3,8H2,1H3,(H,26,27). The average Bonchev–Trinajstić information content (AvgIpc) is 2.73. The Balaban J connectivity index is 1.92. The lowest BCUT2D eigenvalue weighted by Crippen LogP contribution is -2.33. The number of phenols is 1. The number of carboxylic acids is 1. The van der Waals surface area contributed by atoms with E-state index >= 15 is 0 Å². The summed E-state index contributed by atoms with van der Waals surface area (Å²) in [4.78, 5) is 34.5. The number of nitro benzene ring substituents is 1. The van der Waals surface area contributed by atoms with Gasteiger partial charge in [0.15, 0.2) is 0 Å². The number of hydrogen-bond donors (Lipinski definition) is 3. The summed E-state index contributed by atoms with van der Waals surface area (Å²) in [6.07, 6.45) is 1.89. The van der Waals surface area contributed by atoms with Crippen LogP contribution in [0.1, 0.15) is 40.5 Å². The number of nitrogens with zero attached hydrogens (tertiary/aromatic N) is 1. The zero-order valence-corrected chi connectivity index (χ0v) is 16.5. The third-order valence-electron chi connectivity index (χ3n) is 4.56. The fraction of sp³-hybridized carbons (Fsp3) is 0.238. The van der Waals surface area contributed by atoms with Crippen molar-refractivity contribution in [3.8, 4) is 11.5 Å². The molecule has 10 nitrogen and oxygen atoms in total. The van der Waals surface area contributed by atoms with Crippen molar-refractivity contribution in [2.45, 2.75) is 26.1 Å². The van der Waals surface area contributed by atoms with Crippen LogP contribution in [0.5, 0.6) is 11.5 Å². The molecule has 31 heavy (non-hydrogen) atoms. The van der Waals surface area contributed by atoms with E-state index in [2.05, 4.69) is 5.32 Å². The number of fused-ring (bicyclic) bond motifs is 1. The summed E-state index contributed by atoms with van der Waals surface area (Å²) in [5.74, 6) is -2.05. The van der Waals surface area contributed by atoms with Gasteiger partial charge in [-0.05, 0) is 24.6 Å². The Morgan fingerprint density at radius 3 is 2.74 bits per heavy atom. The number of rotatable bonds is 8. The second-order valence-corrected chi connectivity index (χ2v) is 6.72. The molecule has 0 aromatic heterocycles. The van der Waals surface area contributed by atoms with Gasteiger partial charge in [0.2, 0.25) is 12.1 Å². The average molecular weight is 428 g/mol. The molecular formula is C21H20N2O8. The van der Waals surface area contributed by atoms with Gasteiger partial charge in [0.05, 0.1) is 22.7 Å². The number of unbranched alkanes of at least 4 members (excludes halogenated alkanes) is 1. The molecule has 0 fully saturated rings. The molecule has 1 aliphatic rings. The van der Waals surface area contributed by atoms with Gasteiger partial charge >= 0.3 is 5.97 Å². The molecule has 0 amide bonds. The first kappa shape index (κ1) is 21.8. The fourth-order valence-corrected chi connectivity index (χ4v) is 2.91. The summed E-state index contributed by atoms with van der Waals surface area (Å²) >= 11 is 0. The molecule has 0 saturated heterocycles.